The van der Waals surface area contributed by atoms with Crippen LogP contribution in [0.2, 0.25) is 5.02 Å². The molecule has 17 heteroatoms. The van der Waals surface area contributed by atoms with Crippen molar-refractivity contribution in [3.8, 4) is 39.8 Å². The molecule has 6 aromatic rings. The summed E-state index contributed by atoms with van der Waals surface area (Å²) in [6, 6.07) is 13.9. The molecule has 0 spiro atoms. The number of carbonyl (C=O) groups is 1. The summed E-state index contributed by atoms with van der Waals surface area (Å²) >= 11 is 9.66. The van der Waals surface area contributed by atoms with Gasteiger partial charge in [-0.1, -0.05) is 35.9 Å². The van der Waals surface area contributed by atoms with Crippen molar-refractivity contribution >= 4 is 50.5 Å². The average Bonchev–Trinajstić information content (AvgIpc) is 3.95. The Kier molecular flexibility index (Phi) is 12.1. The normalized spacial score (nSPS) is 14.6. The van der Waals surface area contributed by atoms with Gasteiger partial charge < -0.3 is 24.2 Å². The monoisotopic (exact) mass is 826 g/mol. The highest BCUT2D eigenvalue weighted by Crippen LogP contribution is 2.46. The van der Waals surface area contributed by atoms with Crippen LogP contribution in [0.15, 0.2) is 71.7 Å². The summed E-state index contributed by atoms with van der Waals surface area (Å²) in [6.07, 6.45) is -3.03. The van der Waals surface area contributed by atoms with E-state index in [0.717, 1.165) is 65.6 Å². The molecule has 7 rings (SSSR count). The van der Waals surface area contributed by atoms with E-state index in [-0.39, 0.29) is 24.6 Å². The van der Waals surface area contributed by atoms with Gasteiger partial charge in [0, 0.05) is 68.0 Å². The molecule has 0 aliphatic carbocycles. The number of aliphatic carboxylic acids is 1. The molecular formula is C39H38ClF3N6O5S2. The van der Waals surface area contributed by atoms with Crippen molar-refractivity contribution in [2.45, 2.75) is 38.8 Å². The number of para-hydroxylation sites is 1. The van der Waals surface area contributed by atoms with Crippen molar-refractivity contribution in [3.05, 3.63) is 93.5 Å². The fraction of sp³-hybridized carbons (Fsp3) is 0.333. The summed E-state index contributed by atoms with van der Waals surface area (Å²) < 4.78 is 63.7. The molecule has 294 valence electrons. The zero-order valence-electron chi connectivity index (χ0n) is 30.5. The first kappa shape index (κ1) is 39.5. The Morgan fingerprint density at radius 3 is 2.61 bits per heavy atom. The van der Waals surface area contributed by atoms with Crippen molar-refractivity contribution in [2.24, 2.45) is 0 Å². The van der Waals surface area contributed by atoms with Crippen LogP contribution in [0.5, 0.6) is 17.4 Å². The van der Waals surface area contributed by atoms with Gasteiger partial charge in [0.2, 0.25) is 12.0 Å². The van der Waals surface area contributed by atoms with Crippen LogP contribution in [-0.2, 0) is 24.4 Å². The van der Waals surface area contributed by atoms with Gasteiger partial charge in [-0.3, -0.25) is 14.6 Å². The highest BCUT2D eigenvalue weighted by molar-refractivity contribution is 7.13. The van der Waals surface area contributed by atoms with Gasteiger partial charge in [0.05, 0.1) is 26.5 Å². The van der Waals surface area contributed by atoms with Gasteiger partial charge in [0.1, 0.15) is 31.3 Å². The van der Waals surface area contributed by atoms with Crippen LogP contribution in [-0.4, -0.2) is 98.7 Å². The summed E-state index contributed by atoms with van der Waals surface area (Å²) in [5.41, 5.74) is 4.42. The van der Waals surface area contributed by atoms with Gasteiger partial charge in [-0.2, -0.15) is 34.0 Å². The highest BCUT2D eigenvalue weighted by Gasteiger charge is 2.30. The van der Waals surface area contributed by atoms with Gasteiger partial charge in [0.15, 0.2) is 0 Å². The predicted octanol–water partition coefficient (Wildman–Crippen LogP) is 8.09. The fourth-order valence-electron chi connectivity index (χ4n) is 6.54. The van der Waals surface area contributed by atoms with E-state index in [0.29, 0.717) is 50.0 Å². The van der Waals surface area contributed by atoms with Crippen molar-refractivity contribution in [2.75, 3.05) is 46.4 Å². The molecule has 11 nitrogen and oxygen atoms in total. The number of rotatable bonds is 15. The number of benzene rings is 2. The molecule has 1 saturated heterocycles. The van der Waals surface area contributed by atoms with Crippen LogP contribution in [0.3, 0.4) is 0 Å². The van der Waals surface area contributed by atoms with Crippen LogP contribution < -0.4 is 14.2 Å². The zero-order valence-corrected chi connectivity index (χ0v) is 32.9. The van der Waals surface area contributed by atoms with E-state index in [1.54, 1.807) is 30.5 Å². The lowest BCUT2D eigenvalue weighted by atomic mass is 9.94. The van der Waals surface area contributed by atoms with E-state index in [2.05, 4.69) is 26.3 Å². The van der Waals surface area contributed by atoms with E-state index in [9.17, 15) is 23.1 Å². The Hall–Kier alpha value is -4.74. The second-order valence-electron chi connectivity index (χ2n) is 13.4. The van der Waals surface area contributed by atoms with Crippen molar-refractivity contribution in [1.82, 2.24) is 28.9 Å². The maximum Gasteiger partial charge on any atom is 0.408 e. The van der Waals surface area contributed by atoms with Gasteiger partial charge >= 0.3 is 12.1 Å². The second-order valence-corrected chi connectivity index (χ2v) is 15.4. The van der Waals surface area contributed by atoms with Crippen LogP contribution in [0.1, 0.15) is 16.8 Å². The predicted molar refractivity (Wildman–Crippen MR) is 210 cm³/mol. The minimum atomic E-state index is -4.46. The smallest absolute Gasteiger partial charge is 0.408 e. The van der Waals surface area contributed by atoms with E-state index in [1.807, 2.05) is 35.9 Å². The molecule has 5 heterocycles. The number of hydrogen-bond donors (Lipinski definition) is 1. The molecule has 0 unspecified atom stereocenters. The van der Waals surface area contributed by atoms with Gasteiger partial charge in [0.25, 0.3) is 0 Å². The molecule has 0 radical (unpaired) electrons. The average molecular weight is 827 g/mol. The Morgan fingerprint density at radius 2 is 1.86 bits per heavy atom. The standard InChI is InChI=1S/C39H38ClF3N6O5S2/c1-24-28(7-8-30(35(24)40)52-17-16-48-14-12-47(2)13-15-48)33-34-32(20-44-36(33)26-10-18-55-22-26)56-46-37(34)54-31(38(50)51)19-25-5-3-4-6-29(25)53-21-27-9-11-45-49(27)23-39(41,42)43/h3-11,18,20,22,31H,12-17,19,21,23H2,1-2H3,(H,50,51)/t31-/m1/s1. The van der Waals surface area contributed by atoms with E-state index in [4.69, 9.17) is 30.8 Å². The van der Waals surface area contributed by atoms with Gasteiger partial charge in [-0.25, -0.2) is 4.79 Å². The maximum absolute atomic E-state index is 13.1. The molecule has 2 aromatic carbocycles. The third-order valence-electron chi connectivity index (χ3n) is 9.58. The van der Waals surface area contributed by atoms with Crippen LogP contribution in [0.25, 0.3) is 32.5 Å². The second kappa shape index (κ2) is 17.2. The topological polar surface area (TPSA) is 115 Å². The fourth-order valence-corrected chi connectivity index (χ4v) is 8.10. The number of alkyl halides is 3. The molecule has 4 aromatic heterocycles. The first-order valence-corrected chi connectivity index (χ1v) is 19.9. The molecule has 1 aliphatic heterocycles. The summed E-state index contributed by atoms with van der Waals surface area (Å²) in [5, 5.41) is 19.2. The molecule has 1 N–H and O–H groups in total. The van der Waals surface area contributed by atoms with Gasteiger partial charge in [-0.15, -0.1) is 0 Å². The van der Waals surface area contributed by atoms with Crippen molar-refractivity contribution < 1.29 is 37.3 Å². The van der Waals surface area contributed by atoms with E-state index in [1.165, 1.54) is 23.6 Å². The number of thiophene rings is 1. The highest BCUT2D eigenvalue weighted by atomic mass is 35.5. The molecule has 1 aliphatic rings. The Balaban J connectivity index is 1.17. The first-order valence-electron chi connectivity index (χ1n) is 17.8. The van der Waals surface area contributed by atoms with Crippen LogP contribution in [0.4, 0.5) is 13.2 Å². The Bertz CT molecular complexity index is 2290. The number of halogens is 4. The third-order valence-corrected chi connectivity index (χ3v) is 11.5. The first-order chi connectivity index (χ1) is 26.9. The lowest BCUT2D eigenvalue weighted by Gasteiger charge is -2.32. The number of carboxylic acids is 1. The summed E-state index contributed by atoms with van der Waals surface area (Å²) in [5.74, 6) is -0.263. The molecule has 0 amide bonds. The van der Waals surface area contributed by atoms with E-state index < -0.39 is 24.8 Å². The molecule has 56 heavy (non-hydrogen) atoms. The Morgan fingerprint density at radius 1 is 1.05 bits per heavy atom. The minimum absolute atomic E-state index is 0.115. The SMILES string of the molecule is Cc1c(-c2c(-c3ccsc3)ncc3snc(O[C@H](Cc4ccccc4OCc4ccnn4CC(F)(F)F)C(=O)O)c23)ccc(OCCN2CCN(C)CC2)c1Cl. The third kappa shape index (κ3) is 9.10. The lowest BCUT2D eigenvalue weighted by Crippen LogP contribution is -2.45. The van der Waals surface area contributed by atoms with Crippen LogP contribution >= 0.6 is 34.5 Å². The summed E-state index contributed by atoms with van der Waals surface area (Å²) in [4.78, 5) is 22.3. The largest absolute Gasteiger partial charge is 0.491 e. The van der Waals surface area contributed by atoms with E-state index >= 15 is 0 Å². The maximum atomic E-state index is 13.1. The number of aromatic nitrogens is 4. The number of piperazine rings is 1. The quantitative estimate of drug-likeness (QED) is 0.109. The molecule has 0 bridgehead atoms. The minimum Gasteiger partial charge on any atom is -0.491 e. The Labute approximate surface area is 334 Å². The molecule has 0 saturated carbocycles. The van der Waals surface area contributed by atoms with Gasteiger partial charge in [-0.05, 0) is 71.8 Å². The summed E-state index contributed by atoms with van der Waals surface area (Å²) in [7, 11) is 2.12. The number of hydrogen-bond acceptors (Lipinski definition) is 11. The molecular weight excluding hydrogens is 789 g/mol. The lowest BCUT2D eigenvalue weighted by molar-refractivity contribution is -0.145. The number of carboxylic acid groups (broad SMARTS) is 1. The van der Waals surface area contributed by atoms with Crippen LogP contribution in [0, 0.1) is 6.92 Å². The molecule has 1 fully saturated rings. The number of ether oxygens (including phenoxy) is 3. The number of fused-ring (bicyclic) bond motifs is 1. The number of nitrogens with zero attached hydrogens (tertiary/aromatic N) is 6. The zero-order chi connectivity index (χ0) is 39.4. The molecule has 1 atom stereocenters. The van der Waals surface area contributed by atoms with Crippen molar-refractivity contribution in [3.63, 3.8) is 0 Å². The number of likely N-dealkylation sites (N-methyl/N-ethyl adjacent to an activating group) is 1. The summed E-state index contributed by atoms with van der Waals surface area (Å²) in [6.45, 7) is 5.71. The van der Waals surface area contributed by atoms with Crippen molar-refractivity contribution in [1.29, 1.82) is 0 Å². The number of pyridine rings is 1.